The van der Waals surface area contributed by atoms with Crippen LogP contribution in [0.4, 0.5) is 0 Å². The maximum absolute atomic E-state index is 6.33. The van der Waals surface area contributed by atoms with E-state index in [-0.39, 0.29) is 0 Å². The molecule has 3 heteroatoms. The predicted octanol–water partition coefficient (Wildman–Crippen LogP) is 3.35. The summed E-state index contributed by atoms with van der Waals surface area (Å²) < 4.78 is 5.30. The van der Waals surface area contributed by atoms with Gasteiger partial charge in [0.25, 0.3) is 0 Å². The Morgan fingerprint density at radius 1 is 1.24 bits per heavy atom. The molecule has 2 aliphatic heterocycles. The predicted molar refractivity (Wildman–Crippen MR) is 69.9 cm³/mol. The summed E-state index contributed by atoms with van der Waals surface area (Å²) >= 11 is 6.33. The Morgan fingerprint density at radius 2 is 1.94 bits per heavy atom. The second-order valence-corrected chi connectivity index (χ2v) is 5.60. The summed E-state index contributed by atoms with van der Waals surface area (Å²) in [5.74, 6) is 1.51. The van der Waals surface area contributed by atoms with Gasteiger partial charge in [0.05, 0.1) is 7.11 Å². The van der Waals surface area contributed by atoms with Crippen molar-refractivity contribution in [2.24, 2.45) is 0 Å². The minimum atomic E-state index is 0.594. The molecular weight excluding hydrogens is 234 g/mol. The zero-order chi connectivity index (χ0) is 11.8. The van der Waals surface area contributed by atoms with E-state index in [0.29, 0.717) is 18.0 Å². The number of hydrogen-bond donors (Lipinski definition) is 1. The summed E-state index contributed by atoms with van der Waals surface area (Å²) in [5.41, 5.74) is 1.27. The molecule has 0 amide bonds. The van der Waals surface area contributed by atoms with Crippen LogP contribution in [0.1, 0.15) is 37.2 Å². The molecule has 2 unspecified atom stereocenters. The number of rotatable bonds is 2. The summed E-state index contributed by atoms with van der Waals surface area (Å²) in [7, 11) is 1.71. The molecule has 92 valence electrons. The van der Waals surface area contributed by atoms with Crippen LogP contribution in [-0.2, 0) is 0 Å². The highest BCUT2D eigenvalue weighted by atomic mass is 35.5. The van der Waals surface area contributed by atoms with Crippen molar-refractivity contribution in [3.8, 4) is 5.75 Å². The van der Waals surface area contributed by atoms with E-state index in [0.717, 1.165) is 10.8 Å². The van der Waals surface area contributed by atoms with Crippen molar-refractivity contribution in [1.29, 1.82) is 0 Å². The standard InChI is InChI=1S/C14H18ClNO/c1-17-12-4-5-14(15)13(8-12)9-6-10-2-3-11(7-9)16-10/h4-5,8-11,16H,2-3,6-7H2,1H3. The molecule has 2 bridgehead atoms. The van der Waals surface area contributed by atoms with Crippen LogP contribution in [0, 0.1) is 0 Å². The van der Waals surface area contributed by atoms with E-state index >= 15 is 0 Å². The van der Waals surface area contributed by atoms with Gasteiger partial charge in [0, 0.05) is 17.1 Å². The van der Waals surface area contributed by atoms with Crippen LogP contribution >= 0.6 is 11.6 Å². The zero-order valence-corrected chi connectivity index (χ0v) is 10.8. The molecule has 0 aliphatic carbocycles. The highest BCUT2D eigenvalue weighted by molar-refractivity contribution is 6.31. The van der Waals surface area contributed by atoms with Gasteiger partial charge >= 0.3 is 0 Å². The minimum Gasteiger partial charge on any atom is -0.497 e. The quantitative estimate of drug-likeness (QED) is 0.871. The first kappa shape index (κ1) is 11.4. The second-order valence-electron chi connectivity index (χ2n) is 5.19. The van der Waals surface area contributed by atoms with Gasteiger partial charge in [-0.1, -0.05) is 11.6 Å². The maximum Gasteiger partial charge on any atom is 0.119 e. The monoisotopic (exact) mass is 251 g/mol. The van der Waals surface area contributed by atoms with E-state index in [2.05, 4.69) is 11.4 Å². The van der Waals surface area contributed by atoms with Gasteiger partial charge in [-0.3, -0.25) is 0 Å². The lowest BCUT2D eigenvalue weighted by Crippen LogP contribution is -2.37. The molecule has 2 fully saturated rings. The third-order valence-corrected chi connectivity index (χ3v) is 4.46. The van der Waals surface area contributed by atoms with Crippen molar-refractivity contribution in [3.05, 3.63) is 28.8 Å². The van der Waals surface area contributed by atoms with E-state index in [1.807, 2.05) is 12.1 Å². The van der Waals surface area contributed by atoms with E-state index in [4.69, 9.17) is 16.3 Å². The number of benzene rings is 1. The van der Waals surface area contributed by atoms with Gasteiger partial charge in [0.15, 0.2) is 0 Å². The largest absolute Gasteiger partial charge is 0.497 e. The smallest absolute Gasteiger partial charge is 0.119 e. The van der Waals surface area contributed by atoms with Crippen molar-refractivity contribution >= 4 is 11.6 Å². The van der Waals surface area contributed by atoms with Crippen LogP contribution in [0.15, 0.2) is 18.2 Å². The molecule has 0 saturated carbocycles. The first-order valence-electron chi connectivity index (χ1n) is 6.35. The molecule has 1 N–H and O–H groups in total. The zero-order valence-electron chi connectivity index (χ0n) is 10.1. The van der Waals surface area contributed by atoms with Crippen molar-refractivity contribution < 1.29 is 4.74 Å². The number of methoxy groups -OCH3 is 1. The molecule has 2 saturated heterocycles. The molecule has 17 heavy (non-hydrogen) atoms. The van der Waals surface area contributed by atoms with Gasteiger partial charge in [-0.2, -0.15) is 0 Å². The van der Waals surface area contributed by atoms with Gasteiger partial charge in [0.1, 0.15) is 5.75 Å². The first-order chi connectivity index (χ1) is 8.26. The molecule has 0 radical (unpaired) electrons. The van der Waals surface area contributed by atoms with Gasteiger partial charge < -0.3 is 10.1 Å². The van der Waals surface area contributed by atoms with Crippen LogP contribution in [0.3, 0.4) is 0 Å². The lowest BCUT2D eigenvalue weighted by molar-refractivity contribution is 0.361. The normalized spacial score (nSPS) is 31.5. The number of piperidine rings is 1. The number of ether oxygens (including phenoxy) is 1. The molecule has 0 spiro atoms. The average molecular weight is 252 g/mol. The Morgan fingerprint density at radius 3 is 2.59 bits per heavy atom. The van der Waals surface area contributed by atoms with Gasteiger partial charge in [-0.25, -0.2) is 0 Å². The number of hydrogen-bond acceptors (Lipinski definition) is 2. The molecule has 1 aromatic carbocycles. The summed E-state index contributed by atoms with van der Waals surface area (Å²) in [6.45, 7) is 0. The van der Waals surface area contributed by atoms with E-state index < -0.39 is 0 Å². The molecule has 3 rings (SSSR count). The lowest BCUT2D eigenvalue weighted by Gasteiger charge is -2.30. The molecule has 2 heterocycles. The highest BCUT2D eigenvalue weighted by Crippen LogP contribution is 2.40. The fourth-order valence-corrected chi connectivity index (χ4v) is 3.54. The summed E-state index contributed by atoms with van der Waals surface area (Å²) in [5, 5.41) is 4.55. The molecule has 2 nitrogen and oxygen atoms in total. The van der Waals surface area contributed by atoms with Crippen LogP contribution in [0.5, 0.6) is 5.75 Å². The van der Waals surface area contributed by atoms with Crippen LogP contribution in [0.2, 0.25) is 5.02 Å². The molecule has 1 aromatic rings. The SMILES string of the molecule is COc1ccc(Cl)c(C2CC3CCC(C2)N3)c1. The Labute approximate surface area is 107 Å². The number of halogens is 1. The fourth-order valence-electron chi connectivity index (χ4n) is 3.27. The van der Waals surface area contributed by atoms with Crippen molar-refractivity contribution in [3.63, 3.8) is 0 Å². The highest BCUT2D eigenvalue weighted by Gasteiger charge is 2.34. The maximum atomic E-state index is 6.33. The number of fused-ring (bicyclic) bond motifs is 2. The van der Waals surface area contributed by atoms with E-state index in [1.165, 1.54) is 31.2 Å². The fraction of sp³-hybridized carbons (Fsp3) is 0.571. The van der Waals surface area contributed by atoms with Gasteiger partial charge in [-0.15, -0.1) is 0 Å². The topological polar surface area (TPSA) is 21.3 Å². The van der Waals surface area contributed by atoms with E-state index in [9.17, 15) is 0 Å². The molecular formula is C14H18ClNO. The molecule has 2 atom stereocenters. The third kappa shape index (κ3) is 2.16. The van der Waals surface area contributed by atoms with Gasteiger partial charge in [0.2, 0.25) is 0 Å². The Hall–Kier alpha value is -0.730. The van der Waals surface area contributed by atoms with Crippen LogP contribution in [0.25, 0.3) is 0 Å². The van der Waals surface area contributed by atoms with Crippen molar-refractivity contribution in [1.82, 2.24) is 5.32 Å². The van der Waals surface area contributed by atoms with Gasteiger partial charge in [-0.05, 0) is 55.4 Å². The number of nitrogens with one attached hydrogen (secondary N) is 1. The van der Waals surface area contributed by atoms with Crippen LogP contribution in [-0.4, -0.2) is 19.2 Å². The molecule has 0 aromatic heterocycles. The Bertz CT molecular complexity index is 409. The summed E-state index contributed by atoms with van der Waals surface area (Å²) in [6, 6.07) is 7.39. The Balaban J connectivity index is 1.88. The third-order valence-electron chi connectivity index (χ3n) is 4.12. The second kappa shape index (κ2) is 4.51. The lowest BCUT2D eigenvalue weighted by atomic mass is 9.86. The van der Waals surface area contributed by atoms with Crippen LogP contribution < -0.4 is 10.1 Å². The van der Waals surface area contributed by atoms with Crippen molar-refractivity contribution in [2.75, 3.05) is 7.11 Å². The minimum absolute atomic E-state index is 0.594. The summed E-state index contributed by atoms with van der Waals surface area (Å²) in [4.78, 5) is 0. The Kier molecular flexibility index (Phi) is 3.01. The molecule has 2 aliphatic rings. The van der Waals surface area contributed by atoms with E-state index in [1.54, 1.807) is 7.11 Å². The first-order valence-corrected chi connectivity index (χ1v) is 6.73. The van der Waals surface area contributed by atoms with Crippen molar-refractivity contribution in [2.45, 2.75) is 43.7 Å². The summed E-state index contributed by atoms with van der Waals surface area (Å²) in [6.07, 6.45) is 5.07. The average Bonchev–Trinajstić information content (AvgIpc) is 2.69.